The zero-order chi connectivity index (χ0) is 13.9. The Morgan fingerprint density at radius 1 is 1.50 bits per heavy atom. The van der Waals surface area contributed by atoms with E-state index < -0.39 is 38.8 Å². The third kappa shape index (κ3) is 2.96. The first-order chi connectivity index (χ1) is 8.26. The van der Waals surface area contributed by atoms with Gasteiger partial charge < -0.3 is 10.7 Å². The van der Waals surface area contributed by atoms with Gasteiger partial charge in [-0.2, -0.15) is 4.31 Å². The monoisotopic (exact) mass is 273 g/mol. The minimum absolute atomic E-state index is 0.403. The standard InChI is InChI=1S/C10H15N3O4S/c1-7(2)13(6-10(11)15)18(16,17)9-5-12-4-3-8(9)14/h3-5,7H,6H2,1-2H3,(H2,11,15)(H,12,14). The lowest BCUT2D eigenvalue weighted by atomic mass is 10.4. The Morgan fingerprint density at radius 2 is 2.11 bits per heavy atom. The van der Waals surface area contributed by atoms with Gasteiger partial charge in [0.1, 0.15) is 4.90 Å². The summed E-state index contributed by atoms with van der Waals surface area (Å²) in [6.07, 6.45) is 2.42. The molecule has 1 aromatic heterocycles. The minimum Gasteiger partial charge on any atom is -0.369 e. The number of H-pyrrole nitrogens is 1. The van der Waals surface area contributed by atoms with Crippen molar-refractivity contribution in [3.05, 3.63) is 28.7 Å². The topological polar surface area (TPSA) is 113 Å². The highest BCUT2D eigenvalue weighted by Crippen LogP contribution is 2.13. The van der Waals surface area contributed by atoms with Crippen molar-refractivity contribution in [1.29, 1.82) is 0 Å². The van der Waals surface area contributed by atoms with Gasteiger partial charge in [-0.3, -0.25) is 9.59 Å². The van der Waals surface area contributed by atoms with E-state index in [-0.39, 0.29) is 0 Å². The summed E-state index contributed by atoms with van der Waals surface area (Å²) in [4.78, 5) is 24.6. The lowest BCUT2D eigenvalue weighted by Gasteiger charge is -2.23. The van der Waals surface area contributed by atoms with Crippen LogP contribution in [0.5, 0.6) is 0 Å². The maximum atomic E-state index is 12.2. The third-order valence-corrected chi connectivity index (χ3v) is 4.31. The van der Waals surface area contributed by atoms with E-state index in [1.54, 1.807) is 13.8 Å². The smallest absolute Gasteiger partial charge is 0.249 e. The second kappa shape index (κ2) is 5.32. The van der Waals surface area contributed by atoms with E-state index in [1.807, 2.05) is 0 Å². The van der Waals surface area contributed by atoms with Crippen LogP contribution in [0.25, 0.3) is 0 Å². The Morgan fingerprint density at radius 3 is 2.56 bits per heavy atom. The highest BCUT2D eigenvalue weighted by Gasteiger charge is 2.30. The maximum absolute atomic E-state index is 12.2. The van der Waals surface area contributed by atoms with Gasteiger partial charge in [-0.15, -0.1) is 0 Å². The number of nitrogens with two attached hydrogens (primary N) is 1. The molecule has 1 rings (SSSR count). The number of primary amides is 1. The van der Waals surface area contributed by atoms with E-state index in [9.17, 15) is 18.0 Å². The molecule has 0 bridgehead atoms. The van der Waals surface area contributed by atoms with Crippen molar-refractivity contribution < 1.29 is 13.2 Å². The van der Waals surface area contributed by atoms with Gasteiger partial charge in [0, 0.05) is 24.5 Å². The molecule has 0 radical (unpaired) electrons. The van der Waals surface area contributed by atoms with Crippen molar-refractivity contribution in [3.63, 3.8) is 0 Å². The van der Waals surface area contributed by atoms with Crippen molar-refractivity contribution in [2.45, 2.75) is 24.8 Å². The van der Waals surface area contributed by atoms with Gasteiger partial charge in [-0.25, -0.2) is 8.42 Å². The summed E-state index contributed by atoms with van der Waals surface area (Å²) >= 11 is 0. The predicted octanol–water partition coefficient (Wildman–Crippen LogP) is -0.741. The molecule has 18 heavy (non-hydrogen) atoms. The van der Waals surface area contributed by atoms with Gasteiger partial charge in [-0.05, 0) is 13.8 Å². The molecule has 0 spiro atoms. The van der Waals surface area contributed by atoms with Crippen LogP contribution in [-0.4, -0.2) is 36.2 Å². The summed E-state index contributed by atoms with van der Waals surface area (Å²) in [6.45, 7) is 2.73. The summed E-state index contributed by atoms with van der Waals surface area (Å²) in [5.74, 6) is -0.778. The molecular weight excluding hydrogens is 258 g/mol. The molecule has 0 aliphatic carbocycles. The van der Waals surface area contributed by atoms with Crippen LogP contribution in [-0.2, 0) is 14.8 Å². The number of aromatic nitrogens is 1. The quantitative estimate of drug-likeness (QED) is 0.735. The molecule has 0 fully saturated rings. The third-order valence-electron chi connectivity index (χ3n) is 2.26. The molecule has 1 amide bonds. The van der Waals surface area contributed by atoms with Crippen LogP contribution in [0.15, 0.2) is 28.2 Å². The Hall–Kier alpha value is -1.67. The Bertz CT molecular complexity index is 591. The molecule has 1 heterocycles. The zero-order valence-corrected chi connectivity index (χ0v) is 10.9. The van der Waals surface area contributed by atoms with Gasteiger partial charge in [0.25, 0.3) is 0 Å². The van der Waals surface area contributed by atoms with Crippen LogP contribution in [0.4, 0.5) is 0 Å². The van der Waals surface area contributed by atoms with Gasteiger partial charge in [-0.1, -0.05) is 0 Å². The van der Waals surface area contributed by atoms with E-state index in [4.69, 9.17) is 5.73 Å². The van der Waals surface area contributed by atoms with E-state index >= 15 is 0 Å². The van der Waals surface area contributed by atoms with E-state index in [2.05, 4.69) is 4.98 Å². The normalized spacial score (nSPS) is 12.0. The molecule has 3 N–H and O–H groups in total. The number of sulfonamides is 1. The van der Waals surface area contributed by atoms with Crippen LogP contribution >= 0.6 is 0 Å². The highest BCUT2D eigenvalue weighted by atomic mass is 32.2. The second-order valence-electron chi connectivity index (χ2n) is 3.98. The first kappa shape index (κ1) is 14.4. The van der Waals surface area contributed by atoms with E-state index in [1.165, 1.54) is 6.20 Å². The lowest BCUT2D eigenvalue weighted by Crippen LogP contribution is -2.43. The number of nitrogens with zero attached hydrogens (tertiary/aromatic N) is 1. The number of pyridine rings is 1. The molecule has 8 heteroatoms. The number of nitrogens with one attached hydrogen (secondary N) is 1. The summed E-state index contributed by atoms with van der Waals surface area (Å²) in [7, 11) is -4.04. The van der Waals surface area contributed by atoms with E-state index in [0.29, 0.717) is 0 Å². The first-order valence-electron chi connectivity index (χ1n) is 5.24. The minimum atomic E-state index is -4.04. The Balaban J connectivity index is 3.31. The van der Waals surface area contributed by atoms with Crippen LogP contribution in [0, 0.1) is 0 Å². The molecule has 0 aromatic carbocycles. The summed E-state index contributed by atoms with van der Waals surface area (Å²) in [5, 5.41) is 0. The molecule has 0 unspecified atom stereocenters. The summed E-state index contributed by atoms with van der Waals surface area (Å²) in [5.41, 5.74) is 4.38. The van der Waals surface area contributed by atoms with Crippen LogP contribution in [0.3, 0.4) is 0 Å². The SMILES string of the molecule is CC(C)N(CC(N)=O)S(=O)(=O)c1c[nH]ccc1=O. The maximum Gasteiger partial charge on any atom is 0.249 e. The molecule has 0 atom stereocenters. The van der Waals surface area contributed by atoms with Crippen molar-refractivity contribution >= 4 is 15.9 Å². The molecule has 0 aliphatic rings. The van der Waals surface area contributed by atoms with Crippen LogP contribution in [0.2, 0.25) is 0 Å². The van der Waals surface area contributed by atoms with Crippen molar-refractivity contribution in [1.82, 2.24) is 9.29 Å². The Kier molecular flexibility index (Phi) is 4.25. The molecule has 0 aliphatic heterocycles. The summed E-state index contributed by atoms with van der Waals surface area (Å²) < 4.78 is 25.3. The number of hydrogen-bond acceptors (Lipinski definition) is 4. The fourth-order valence-corrected chi connectivity index (χ4v) is 3.07. The van der Waals surface area contributed by atoms with Gasteiger partial charge in [0.2, 0.25) is 21.4 Å². The average molecular weight is 273 g/mol. The molecule has 0 saturated carbocycles. The van der Waals surface area contributed by atoms with Gasteiger partial charge >= 0.3 is 0 Å². The van der Waals surface area contributed by atoms with Crippen molar-refractivity contribution in [2.24, 2.45) is 5.73 Å². The lowest BCUT2D eigenvalue weighted by molar-refractivity contribution is -0.118. The fraction of sp³-hybridized carbons (Fsp3) is 0.400. The number of aromatic amines is 1. The number of amides is 1. The molecule has 7 nitrogen and oxygen atoms in total. The molecule has 1 aromatic rings. The van der Waals surface area contributed by atoms with Crippen molar-refractivity contribution in [2.75, 3.05) is 6.54 Å². The largest absolute Gasteiger partial charge is 0.369 e. The molecule has 100 valence electrons. The van der Waals surface area contributed by atoms with Crippen LogP contribution < -0.4 is 11.2 Å². The Labute approximate surface area is 105 Å². The summed E-state index contributed by atoms with van der Waals surface area (Å²) in [6, 6.07) is 0.623. The number of carbonyl (C=O) groups excluding carboxylic acids is 1. The number of carbonyl (C=O) groups is 1. The first-order valence-corrected chi connectivity index (χ1v) is 6.68. The van der Waals surface area contributed by atoms with E-state index in [0.717, 1.165) is 16.6 Å². The van der Waals surface area contributed by atoms with Gasteiger partial charge in [0.05, 0.1) is 6.54 Å². The molecular formula is C10H15N3O4S. The number of hydrogen-bond donors (Lipinski definition) is 2. The fourth-order valence-electron chi connectivity index (χ4n) is 1.43. The molecule has 0 saturated heterocycles. The van der Waals surface area contributed by atoms with Crippen LogP contribution in [0.1, 0.15) is 13.8 Å². The average Bonchev–Trinajstić information content (AvgIpc) is 2.25. The zero-order valence-electron chi connectivity index (χ0n) is 10.1. The highest BCUT2D eigenvalue weighted by molar-refractivity contribution is 7.89. The van der Waals surface area contributed by atoms with Gasteiger partial charge in [0.15, 0.2) is 0 Å². The van der Waals surface area contributed by atoms with Crippen molar-refractivity contribution in [3.8, 4) is 0 Å². The number of rotatable bonds is 5. The second-order valence-corrected chi connectivity index (χ2v) is 5.84. The predicted molar refractivity (Wildman–Crippen MR) is 65.3 cm³/mol.